The molecule has 0 N–H and O–H groups in total. The Bertz CT molecular complexity index is 150. The van der Waals surface area contributed by atoms with Gasteiger partial charge in [-0.2, -0.15) is 0 Å². The second-order valence-electron chi connectivity index (χ2n) is 4.19. The van der Waals surface area contributed by atoms with Gasteiger partial charge in [-0.3, -0.25) is 0 Å². The minimum Gasteiger partial charge on any atom is -0.303 e. The zero-order chi connectivity index (χ0) is 9.57. The number of alkyl halides is 1. The molecule has 0 aromatic heterocycles. The molecule has 0 heterocycles. The highest BCUT2D eigenvalue weighted by molar-refractivity contribution is 9.09. The van der Waals surface area contributed by atoms with E-state index in [4.69, 9.17) is 0 Å². The average Bonchev–Trinajstić information content (AvgIpc) is 2.20. The summed E-state index contributed by atoms with van der Waals surface area (Å²) < 4.78 is 0. The second-order valence-corrected chi connectivity index (χ2v) is 4.98. The van der Waals surface area contributed by atoms with Gasteiger partial charge in [0.25, 0.3) is 0 Å². The maximum Gasteiger partial charge on any atom is 0.126 e. The SMILES string of the molecule is O=CC1(CCCCBr)CCCCC1. The Morgan fingerprint density at radius 2 is 1.85 bits per heavy atom. The van der Waals surface area contributed by atoms with Crippen molar-refractivity contribution in [3.05, 3.63) is 0 Å². The number of hydrogen-bond acceptors (Lipinski definition) is 1. The third-order valence-electron chi connectivity index (χ3n) is 3.16. The summed E-state index contributed by atoms with van der Waals surface area (Å²) >= 11 is 3.43. The molecule has 2 heteroatoms. The van der Waals surface area contributed by atoms with Crippen LogP contribution in [0.15, 0.2) is 0 Å². The Labute approximate surface area is 89.4 Å². The Morgan fingerprint density at radius 3 is 2.38 bits per heavy atom. The fourth-order valence-electron chi connectivity index (χ4n) is 2.25. The summed E-state index contributed by atoms with van der Waals surface area (Å²) in [6.07, 6.45) is 10.9. The zero-order valence-corrected chi connectivity index (χ0v) is 9.81. The molecule has 0 atom stereocenters. The van der Waals surface area contributed by atoms with Gasteiger partial charge in [0.2, 0.25) is 0 Å². The van der Waals surface area contributed by atoms with Crippen molar-refractivity contribution in [3.8, 4) is 0 Å². The highest BCUT2D eigenvalue weighted by atomic mass is 79.9. The molecule has 0 aromatic rings. The lowest BCUT2D eigenvalue weighted by Crippen LogP contribution is -2.25. The highest BCUT2D eigenvalue weighted by Gasteiger charge is 2.30. The minimum absolute atomic E-state index is 0.0699. The van der Waals surface area contributed by atoms with Crippen LogP contribution in [0.2, 0.25) is 0 Å². The Balaban J connectivity index is 2.33. The molecule has 0 spiro atoms. The number of carbonyl (C=O) groups is 1. The van der Waals surface area contributed by atoms with E-state index in [9.17, 15) is 4.79 Å². The van der Waals surface area contributed by atoms with Crippen molar-refractivity contribution in [1.82, 2.24) is 0 Å². The van der Waals surface area contributed by atoms with Crippen LogP contribution in [-0.2, 0) is 4.79 Å². The van der Waals surface area contributed by atoms with Crippen molar-refractivity contribution in [3.63, 3.8) is 0 Å². The predicted octanol–water partition coefficient (Wildman–Crippen LogP) is 3.70. The van der Waals surface area contributed by atoms with E-state index in [2.05, 4.69) is 15.9 Å². The highest BCUT2D eigenvalue weighted by Crippen LogP contribution is 2.38. The molecule has 1 aliphatic carbocycles. The maximum absolute atomic E-state index is 11.1. The Hall–Kier alpha value is 0.150. The van der Waals surface area contributed by atoms with Crippen LogP contribution in [0, 0.1) is 5.41 Å². The van der Waals surface area contributed by atoms with Crippen LogP contribution in [0.5, 0.6) is 0 Å². The van der Waals surface area contributed by atoms with Crippen molar-refractivity contribution in [1.29, 1.82) is 0 Å². The first-order valence-electron chi connectivity index (χ1n) is 5.35. The van der Waals surface area contributed by atoms with Gasteiger partial charge in [-0.05, 0) is 25.7 Å². The van der Waals surface area contributed by atoms with E-state index in [0.717, 1.165) is 24.6 Å². The lowest BCUT2D eigenvalue weighted by atomic mass is 9.72. The van der Waals surface area contributed by atoms with Crippen LogP contribution in [0.3, 0.4) is 0 Å². The van der Waals surface area contributed by atoms with Crippen molar-refractivity contribution >= 4 is 22.2 Å². The first-order chi connectivity index (χ1) is 6.33. The van der Waals surface area contributed by atoms with E-state index in [-0.39, 0.29) is 5.41 Å². The summed E-state index contributed by atoms with van der Waals surface area (Å²) in [4.78, 5) is 11.1. The molecule has 0 radical (unpaired) electrons. The van der Waals surface area contributed by atoms with Gasteiger partial charge in [0.05, 0.1) is 0 Å². The predicted molar refractivity (Wildman–Crippen MR) is 59.2 cm³/mol. The van der Waals surface area contributed by atoms with Gasteiger partial charge >= 0.3 is 0 Å². The molecule has 1 aliphatic rings. The number of rotatable bonds is 5. The fourth-order valence-corrected chi connectivity index (χ4v) is 2.65. The van der Waals surface area contributed by atoms with Gasteiger partial charge < -0.3 is 4.79 Å². The standard InChI is InChI=1S/C11H19BrO/c12-9-5-4-8-11(10-13)6-2-1-3-7-11/h10H,1-9H2. The van der Waals surface area contributed by atoms with Crippen LogP contribution in [0.1, 0.15) is 51.4 Å². The summed E-state index contributed by atoms with van der Waals surface area (Å²) in [5.74, 6) is 0. The van der Waals surface area contributed by atoms with Gasteiger partial charge in [0, 0.05) is 10.7 Å². The topological polar surface area (TPSA) is 17.1 Å². The third-order valence-corrected chi connectivity index (χ3v) is 3.72. The molecule has 76 valence electrons. The van der Waals surface area contributed by atoms with E-state index in [1.165, 1.54) is 38.4 Å². The van der Waals surface area contributed by atoms with E-state index in [0.29, 0.717) is 0 Å². The van der Waals surface area contributed by atoms with E-state index in [1.54, 1.807) is 0 Å². The largest absolute Gasteiger partial charge is 0.303 e. The van der Waals surface area contributed by atoms with Crippen LogP contribution < -0.4 is 0 Å². The smallest absolute Gasteiger partial charge is 0.126 e. The van der Waals surface area contributed by atoms with E-state index >= 15 is 0 Å². The first-order valence-corrected chi connectivity index (χ1v) is 6.47. The Morgan fingerprint density at radius 1 is 1.15 bits per heavy atom. The zero-order valence-electron chi connectivity index (χ0n) is 8.23. The van der Waals surface area contributed by atoms with Gasteiger partial charge in [0.1, 0.15) is 6.29 Å². The third kappa shape index (κ3) is 3.41. The number of carbonyl (C=O) groups excluding carboxylic acids is 1. The van der Waals surface area contributed by atoms with E-state index in [1.807, 2.05) is 0 Å². The summed E-state index contributed by atoms with van der Waals surface area (Å²) in [6, 6.07) is 0. The normalized spacial score (nSPS) is 21.3. The lowest BCUT2D eigenvalue weighted by molar-refractivity contribution is -0.118. The first kappa shape index (κ1) is 11.2. The van der Waals surface area contributed by atoms with Crippen molar-refractivity contribution in [2.75, 3.05) is 5.33 Å². The monoisotopic (exact) mass is 246 g/mol. The van der Waals surface area contributed by atoms with Crippen molar-refractivity contribution < 1.29 is 4.79 Å². The van der Waals surface area contributed by atoms with Crippen LogP contribution in [0.25, 0.3) is 0 Å². The van der Waals surface area contributed by atoms with Crippen molar-refractivity contribution in [2.24, 2.45) is 5.41 Å². The fraction of sp³-hybridized carbons (Fsp3) is 0.909. The van der Waals surface area contributed by atoms with Gasteiger partial charge in [0.15, 0.2) is 0 Å². The second kappa shape index (κ2) is 5.79. The minimum atomic E-state index is 0.0699. The quantitative estimate of drug-likeness (QED) is 0.411. The summed E-state index contributed by atoms with van der Waals surface area (Å²) in [5, 5.41) is 1.07. The van der Waals surface area contributed by atoms with Gasteiger partial charge in [-0.15, -0.1) is 0 Å². The van der Waals surface area contributed by atoms with Gasteiger partial charge in [-0.1, -0.05) is 41.6 Å². The Kier molecular flexibility index (Phi) is 5.00. The van der Waals surface area contributed by atoms with Crippen LogP contribution >= 0.6 is 15.9 Å². The van der Waals surface area contributed by atoms with Crippen molar-refractivity contribution in [2.45, 2.75) is 51.4 Å². The number of hydrogen-bond donors (Lipinski definition) is 0. The van der Waals surface area contributed by atoms with Crippen LogP contribution in [0.4, 0.5) is 0 Å². The number of halogens is 1. The molecule has 0 amide bonds. The number of aldehydes is 1. The summed E-state index contributed by atoms with van der Waals surface area (Å²) in [5.41, 5.74) is 0.0699. The van der Waals surface area contributed by atoms with Gasteiger partial charge in [-0.25, -0.2) is 0 Å². The summed E-state index contributed by atoms with van der Waals surface area (Å²) in [6.45, 7) is 0. The molecule has 0 bridgehead atoms. The molecule has 13 heavy (non-hydrogen) atoms. The molecular weight excluding hydrogens is 228 g/mol. The van der Waals surface area contributed by atoms with Crippen LogP contribution in [-0.4, -0.2) is 11.6 Å². The molecule has 0 saturated heterocycles. The lowest BCUT2D eigenvalue weighted by Gasteiger charge is -2.31. The molecule has 1 fully saturated rings. The molecule has 0 aliphatic heterocycles. The molecule has 1 rings (SSSR count). The molecule has 1 nitrogen and oxygen atoms in total. The molecular formula is C11H19BrO. The molecule has 1 saturated carbocycles. The number of unbranched alkanes of at least 4 members (excludes halogenated alkanes) is 1. The van der Waals surface area contributed by atoms with E-state index < -0.39 is 0 Å². The summed E-state index contributed by atoms with van der Waals surface area (Å²) in [7, 11) is 0. The average molecular weight is 247 g/mol. The maximum atomic E-state index is 11.1. The molecule has 0 unspecified atom stereocenters. The molecule has 0 aromatic carbocycles.